The van der Waals surface area contributed by atoms with E-state index in [1.807, 2.05) is 41.5 Å². The Bertz CT molecular complexity index is 1070. The van der Waals surface area contributed by atoms with Crippen molar-refractivity contribution in [2.45, 2.75) is 155 Å². The van der Waals surface area contributed by atoms with E-state index in [2.05, 4.69) is 13.2 Å². The van der Waals surface area contributed by atoms with Crippen LogP contribution in [-0.4, -0.2) is 118 Å². The number of rotatable bonds is 16. The third-order valence-corrected chi connectivity index (χ3v) is 8.82. The highest BCUT2D eigenvalue weighted by molar-refractivity contribution is 5.82. The molecule has 4 N–H and O–H groups in total. The average Bonchev–Trinajstić information content (AvgIpc) is 3.06. The predicted molar refractivity (Wildman–Crippen MR) is 203 cm³/mol. The van der Waals surface area contributed by atoms with Gasteiger partial charge in [-0.2, -0.15) is 0 Å². The lowest BCUT2D eigenvalue weighted by atomic mass is 9.92. The number of hydrogen-bond acceptors (Lipinski definition) is 8. The third kappa shape index (κ3) is 19.7. The first-order valence-corrected chi connectivity index (χ1v) is 18.7. The van der Waals surface area contributed by atoms with Crippen LogP contribution in [0.4, 0.5) is 8.78 Å². The molecule has 2 amide bonds. The van der Waals surface area contributed by atoms with Crippen LogP contribution >= 0.6 is 0 Å². The number of amides is 2. The summed E-state index contributed by atoms with van der Waals surface area (Å²) in [5.74, 6) is -0.141. The molecule has 2 rings (SSSR count). The Morgan fingerprint density at radius 3 is 1.44 bits per heavy atom. The Hall–Kier alpha value is -2.22. The van der Waals surface area contributed by atoms with Crippen LogP contribution in [0.25, 0.3) is 0 Å². The van der Waals surface area contributed by atoms with Gasteiger partial charge in [0.25, 0.3) is 0 Å². The second-order valence-electron chi connectivity index (χ2n) is 16.4. The molecule has 2 aliphatic rings. The first-order chi connectivity index (χ1) is 24.1. The fraction of sp³-hybridized carbons (Fsp3) is 0.800. The van der Waals surface area contributed by atoms with E-state index in [0.717, 1.165) is 44.9 Å². The maximum Gasteiger partial charge on any atom is 0.230 e. The molecule has 10 nitrogen and oxygen atoms in total. The van der Waals surface area contributed by atoms with Crippen molar-refractivity contribution in [2.75, 3.05) is 40.0 Å². The van der Waals surface area contributed by atoms with Crippen LogP contribution < -0.4 is 0 Å². The fourth-order valence-corrected chi connectivity index (χ4v) is 5.45. The van der Waals surface area contributed by atoms with Crippen molar-refractivity contribution in [3.63, 3.8) is 0 Å². The van der Waals surface area contributed by atoms with Crippen LogP contribution in [0.5, 0.6) is 0 Å². The molecule has 0 saturated carbocycles. The van der Waals surface area contributed by atoms with Gasteiger partial charge in [0.1, 0.15) is 25.7 Å². The van der Waals surface area contributed by atoms with Gasteiger partial charge in [0.05, 0.1) is 49.8 Å². The molecule has 0 aliphatic carbocycles. The van der Waals surface area contributed by atoms with Gasteiger partial charge in [-0.05, 0) is 39.5 Å². The van der Waals surface area contributed by atoms with E-state index in [9.17, 15) is 38.8 Å². The Kier molecular flexibility index (Phi) is 23.2. The minimum absolute atomic E-state index is 0.0360. The highest BCUT2D eigenvalue weighted by Crippen LogP contribution is 2.26. The molecule has 2 saturated heterocycles. The topological polar surface area (TPSA) is 140 Å². The van der Waals surface area contributed by atoms with Gasteiger partial charge in [-0.25, -0.2) is 0 Å². The number of alkyl halides is 2. The van der Waals surface area contributed by atoms with Crippen LogP contribution in [0.3, 0.4) is 0 Å². The molecule has 6 atom stereocenters. The number of hydrogen-bond donors (Lipinski definition) is 4. The number of aliphatic hydroxyl groups excluding tert-OH is 2. The molecule has 0 aromatic heterocycles. The van der Waals surface area contributed by atoms with Crippen molar-refractivity contribution in [1.29, 1.82) is 0 Å². The van der Waals surface area contributed by atoms with Crippen molar-refractivity contribution in [2.24, 2.45) is 10.8 Å². The van der Waals surface area contributed by atoms with Crippen LogP contribution in [0.1, 0.15) is 120 Å². The lowest BCUT2D eigenvalue weighted by Crippen LogP contribution is -2.55. The van der Waals surface area contributed by atoms with Gasteiger partial charge in [0, 0.05) is 10.8 Å². The van der Waals surface area contributed by atoms with Gasteiger partial charge in [-0.15, -0.1) is 13.2 Å². The van der Waals surface area contributed by atoms with E-state index in [1.54, 1.807) is 38.2 Å². The molecule has 304 valence electrons. The highest BCUT2D eigenvalue weighted by atomic mass is 19.1. The number of ether oxygens (including phenoxy) is 2. The maximum absolute atomic E-state index is 12.6. The van der Waals surface area contributed by atoms with Crippen LogP contribution in [-0.2, 0) is 19.1 Å². The summed E-state index contributed by atoms with van der Waals surface area (Å²) in [5, 5.41) is 39.9. The van der Waals surface area contributed by atoms with Crippen LogP contribution in [0.2, 0.25) is 0 Å². The summed E-state index contributed by atoms with van der Waals surface area (Å²) in [6.45, 7) is 21.9. The SMILES string of the molecule is C=CC(C)(O)CCCCCCF.C=C[C@H]1C(O)COCN1C(=O)C(C)(C)C.CC(O)(/C=C/[C@H]1C(O)COCN1C(=O)C(C)(C)C)CCCCCCF. The van der Waals surface area contributed by atoms with Crippen LogP contribution in [0, 0.1) is 10.8 Å². The average molecular weight is 747 g/mol. The van der Waals surface area contributed by atoms with Gasteiger partial charge < -0.3 is 39.7 Å². The molecular formula is C40H72F2N2O8. The Labute approximate surface area is 312 Å². The first-order valence-electron chi connectivity index (χ1n) is 18.7. The molecule has 52 heavy (non-hydrogen) atoms. The van der Waals surface area contributed by atoms with Crippen molar-refractivity contribution in [3.05, 3.63) is 37.5 Å². The molecule has 0 bridgehead atoms. The largest absolute Gasteiger partial charge is 0.388 e. The number of halogens is 2. The quantitative estimate of drug-likeness (QED) is 0.105. The normalized spacial score (nSPS) is 23.3. The van der Waals surface area contributed by atoms with Crippen molar-refractivity contribution in [3.8, 4) is 0 Å². The summed E-state index contributed by atoms with van der Waals surface area (Å²) < 4.78 is 34.2. The third-order valence-electron chi connectivity index (χ3n) is 8.82. The van der Waals surface area contributed by atoms with Gasteiger partial charge in [-0.3, -0.25) is 18.4 Å². The predicted octanol–water partition coefficient (Wildman–Crippen LogP) is 6.41. The molecule has 0 radical (unpaired) electrons. The lowest BCUT2D eigenvalue weighted by Gasteiger charge is -2.40. The number of nitrogens with zero attached hydrogens (tertiary/aromatic N) is 2. The molecule has 2 fully saturated rings. The number of carbonyl (C=O) groups is 2. The second kappa shape index (κ2) is 24.2. The van der Waals surface area contributed by atoms with Crippen LogP contribution in [0.15, 0.2) is 37.5 Å². The number of carbonyl (C=O) groups excluding carboxylic acids is 2. The second-order valence-corrected chi connectivity index (χ2v) is 16.4. The van der Waals surface area contributed by atoms with E-state index < -0.39 is 40.3 Å². The molecule has 0 aromatic rings. The summed E-state index contributed by atoms with van der Waals surface area (Å²) in [4.78, 5) is 27.6. The summed E-state index contributed by atoms with van der Waals surface area (Å²) in [7, 11) is 0. The summed E-state index contributed by atoms with van der Waals surface area (Å²) in [6.07, 6.45) is 12.9. The summed E-state index contributed by atoms with van der Waals surface area (Å²) >= 11 is 0. The Morgan fingerprint density at radius 1 is 0.673 bits per heavy atom. The Morgan fingerprint density at radius 2 is 1.06 bits per heavy atom. The zero-order valence-electron chi connectivity index (χ0n) is 33.4. The van der Waals surface area contributed by atoms with E-state index in [1.165, 1.54) is 9.80 Å². The van der Waals surface area contributed by atoms with Gasteiger partial charge in [-0.1, -0.05) is 104 Å². The van der Waals surface area contributed by atoms with Crippen molar-refractivity contribution < 1.29 is 48.3 Å². The molecule has 0 aromatic carbocycles. The van der Waals surface area contributed by atoms with Gasteiger partial charge >= 0.3 is 0 Å². The molecular weight excluding hydrogens is 674 g/mol. The molecule has 0 spiro atoms. The monoisotopic (exact) mass is 747 g/mol. The smallest absolute Gasteiger partial charge is 0.230 e. The molecule has 2 aliphatic heterocycles. The molecule has 2 heterocycles. The van der Waals surface area contributed by atoms with E-state index in [4.69, 9.17) is 9.47 Å². The zero-order valence-corrected chi connectivity index (χ0v) is 33.4. The molecule has 4 unspecified atom stereocenters. The van der Waals surface area contributed by atoms with Gasteiger partial charge in [0.15, 0.2) is 0 Å². The minimum atomic E-state index is -1.02. The minimum Gasteiger partial charge on any atom is -0.388 e. The molecule has 12 heteroatoms. The number of unbranched alkanes of at least 4 members (excludes halogenated alkanes) is 6. The van der Waals surface area contributed by atoms with E-state index >= 15 is 0 Å². The highest BCUT2D eigenvalue weighted by Gasteiger charge is 2.38. The zero-order chi connectivity index (χ0) is 40.2. The standard InChI is InChI=1S/C19H34FNO4.C11H19NO3.C10H19FO/c1-18(2,3)17(23)21-14-25-13-16(22)15(21)9-11-19(4,24)10-7-5-6-8-12-20;1-5-8-9(13)6-15-7-12(8)10(14)11(2,3)4;1-3-10(2,12)8-6-4-5-7-9-11/h9,11,15-16,22,24H,5-8,10,12-14H2,1-4H3;5,8-9,13H,1,6-7H2,2-4H3;3,12H,1,4-9H2,2H3/b11-9+;;/t15-,16?,19?;8-,9?;/m00./s1. The lowest BCUT2D eigenvalue weighted by molar-refractivity contribution is -0.164. The Balaban J connectivity index is 0.000000819. The van der Waals surface area contributed by atoms with Gasteiger partial charge in [0.2, 0.25) is 11.8 Å². The maximum atomic E-state index is 12.6. The number of aliphatic hydroxyl groups is 4. The van der Waals surface area contributed by atoms with Crippen molar-refractivity contribution in [1.82, 2.24) is 9.80 Å². The fourth-order valence-electron chi connectivity index (χ4n) is 5.45. The van der Waals surface area contributed by atoms with E-state index in [0.29, 0.717) is 19.3 Å². The summed E-state index contributed by atoms with van der Waals surface area (Å²) in [5.41, 5.74) is -2.81. The summed E-state index contributed by atoms with van der Waals surface area (Å²) in [6, 6.07) is -0.857. The first kappa shape index (κ1) is 49.8. The van der Waals surface area contributed by atoms with E-state index in [-0.39, 0.29) is 57.9 Å². The van der Waals surface area contributed by atoms with Crippen molar-refractivity contribution >= 4 is 11.8 Å².